The molecule has 0 aromatic heterocycles. The Kier molecular flexibility index (Phi) is 5.29. The molecule has 2 fully saturated rings. The lowest BCUT2D eigenvalue weighted by atomic mass is 9.98. The highest BCUT2D eigenvalue weighted by atomic mass is 32.2. The molecule has 29 heavy (non-hydrogen) atoms. The first-order chi connectivity index (χ1) is 13.8. The van der Waals surface area contributed by atoms with Gasteiger partial charge in [0.05, 0.1) is 16.5 Å². The highest BCUT2D eigenvalue weighted by molar-refractivity contribution is 7.89. The molecule has 0 unspecified atom stereocenters. The van der Waals surface area contributed by atoms with Crippen molar-refractivity contribution in [2.75, 3.05) is 31.5 Å². The SMILES string of the molecule is Cc1cc2c(cc1S(=O)(=O)N1CCC[C@H](C(=O)N3CCCC3)C1)O[C@@H](C)C(=O)N2. The number of fused-ring (bicyclic) bond motifs is 1. The zero-order valence-corrected chi connectivity index (χ0v) is 17.6. The quantitative estimate of drug-likeness (QED) is 0.802. The van der Waals surface area contributed by atoms with E-state index >= 15 is 0 Å². The molecule has 4 rings (SSSR count). The van der Waals surface area contributed by atoms with Crippen LogP contribution in [0.3, 0.4) is 0 Å². The van der Waals surface area contributed by atoms with Crippen LogP contribution in [0.2, 0.25) is 0 Å². The van der Waals surface area contributed by atoms with Crippen LogP contribution in [0.5, 0.6) is 5.75 Å². The Balaban J connectivity index is 1.58. The first-order valence-corrected chi connectivity index (χ1v) is 11.6. The molecular formula is C20H27N3O5S. The minimum Gasteiger partial charge on any atom is -0.479 e. The maximum Gasteiger partial charge on any atom is 0.265 e. The number of sulfonamides is 1. The van der Waals surface area contributed by atoms with E-state index in [0.717, 1.165) is 32.4 Å². The van der Waals surface area contributed by atoms with Crippen LogP contribution in [0.25, 0.3) is 0 Å². The number of piperidine rings is 1. The molecule has 0 radical (unpaired) electrons. The molecule has 1 aromatic rings. The number of rotatable bonds is 3. The molecule has 3 aliphatic heterocycles. The number of aryl methyl sites for hydroxylation is 1. The molecule has 2 amide bonds. The summed E-state index contributed by atoms with van der Waals surface area (Å²) in [5.41, 5.74) is 1.01. The second-order valence-corrected chi connectivity index (χ2v) is 10.0. The zero-order valence-electron chi connectivity index (χ0n) is 16.8. The standard InChI is InChI=1S/C20H27N3O5S/c1-13-10-16-17(28-14(2)19(24)21-16)11-18(13)29(26,27)23-9-5-6-15(12-23)20(25)22-7-3-4-8-22/h10-11,14-15H,3-9,12H2,1-2H3,(H,21,24)/t14-,15-/m0/s1. The zero-order chi connectivity index (χ0) is 20.8. The van der Waals surface area contributed by atoms with Gasteiger partial charge in [0.2, 0.25) is 15.9 Å². The third-order valence-electron chi connectivity index (χ3n) is 5.98. The highest BCUT2D eigenvalue weighted by Gasteiger charge is 2.37. The number of likely N-dealkylation sites (tertiary alicyclic amines) is 1. The van der Waals surface area contributed by atoms with Gasteiger partial charge in [-0.05, 0) is 51.2 Å². The summed E-state index contributed by atoms with van der Waals surface area (Å²) in [6, 6.07) is 3.12. The molecule has 3 heterocycles. The average molecular weight is 422 g/mol. The lowest BCUT2D eigenvalue weighted by molar-refractivity contribution is -0.135. The minimum atomic E-state index is -3.78. The fourth-order valence-electron chi connectivity index (χ4n) is 4.32. The number of nitrogens with one attached hydrogen (secondary N) is 1. The number of anilines is 1. The second kappa shape index (κ2) is 7.60. The number of benzene rings is 1. The Morgan fingerprint density at radius 1 is 1.17 bits per heavy atom. The van der Waals surface area contributed by atoms with E-state index in [2.05, 4.69) is 5.32 Å². The van der Waals surface area contributed by atoms with Crippen molar-refractivity contribution in [2.45, 2.75) is 50.5 Å². The Bertz CT molecular complexity index is 940. The lowest BCUT2D eigenvalue weighted by Crippen LogP contribution is -2.46. The predicted molar refractivity (Wildman–Crippen MR) is 107 cm³/mol. The molecule has 3 aliphatic rings. The van der Waals surface area contributed by atoms with Gasteiger partial charge >= 0.3 is 0 Å². The minimum absolute atomic E-state index is 0.0735. The molecule has 8 nitrogen and oxygen atoms in total. The van der Waals surface area contributed by atoms with Gasteiger partial charge in [-0.1, -0.05) is 0 Å². The number of hydrogen-bond donors (Lipinski definition) is 1. The number of carbonyl (C=O) groups is 2. The van der Waals surface area contributed by atoms with Crippen LogP contribution in [-0.4, -0.2) is 61.7 Å². The van der Waals surface area contributed by atoms with Gasteiger partial charge < -0.3 is 15.0 Å². The predicted octanol–water partition coefficient (Wildman–Crippen LogP) is 1.74. The Morgan fingerprint density at radius 3 is 2.62 bits per heavy atom. The van der Waals surface area contributed by atoms with Gasteiger partial charge in [0, 0.05) is 32.2 Å². The van der Waals surface area contributed by atoms with Gasteiger partial charge in [0.25, 0.3) is 5.91 Å². The Hall–Kier alpha value is -2.13. The summed E-state index contributed by atoms with van der Waals surface area (Å²) >= 11 is 0. The van der Waals surface area contributed by atoms with E-state index in [1.165, 1.54) is 10.4 Å². The highest BCUT2D eigenvalue weighted by Crippen LogP contribution is 2.36. The molecule has 0 bridgehead atoms. The normalized spacial score (nSPS) is 25.3. The van der Waals surface area contributed by atoms with E-state index < -0.39 is 16.1 Å². The second-order valence-electron chi connectivity index (χ2n) is 8.10. The summed E-state index contributed by atoms with van der Waals surface area (Å²) in [5, 5.41) is 2.74. The maximum atomic E-state index is 13.4. The van der Waals surface area contributed by atoms with Crippen LogP contribution < -0.4 is 10.1 Å². The number of ether oxygens (including phenoxy) is 1. The van der Waals surface area contributed by atoms with Gasteiger partial charge in [-0.25, -0.2) is 8.42 Å². The summed E-state index contributed by atoms with van der Waals surface area (Å²) in [5.74, 6) is -0.121. The topological polar surface area (TPSA) is 96.0 Å². The van der Waals surface area contributed by atoms with E-state index in [1.807, 2.05) is 4.90 Å². The van der Waals surface area contributed by atoms with Crippen molar-refractivity contribution < 1.29 is 22.7 Å². The monoisotopic (exact) mass is 421 g/mol. The lowest BCUT2D eigenvalue weighted by Gasteiger charge is -2.33. The molecule has 2 atom stereocenters. The van der Waals surface area contributed by atoms with Crippen molar-refractivity contribution in [3.05, 3.63) is 17.7 Å². The molecule has 0 saturated carbocycles. The van der Waals surface area contributed by atoms with Gasteiger partial charge in [-0.3, -0.25) is 9.59 Å². The average Bonchev–Trinajstić information content (AvgIpc) is 3.23. The van der Waals surface area contributed by atoms with Crippen molar-refractivity contribution in [1.29, 1.82) is 0 Å². The molecule has 0 spiro atoms. The fourth-order valence-corrected chi connectivity index (χ4v) is 6.06. The van der Waals surface area contributed by atoms with Crippen LogP contribution in [-0.2, 0) is 19.6 Å². The fraction of sp³-hybridized carbons (Fsp3) is 0.600. The maximum absolute atomic E-state index is 13.4. The van der Waals surface area contributed by atoms with Crippen LogP contribution >= 0.6 is 0 Å². The molecule has 1 aromatic carbocycles. The van der Waals surface area contributed by atoms with Crippen molar-refractivity contribution >= 4 is 27.5 Å². The summed E-state index contributed by atoms with van der Waals surface area (Å²) in [6.45, 7) is 5.47. The molecule has 158 valence electrons. The van der Waals surface area contributed by atoms with Crippen molar-refractivity contribution in [3.8, 4) is 5.75 Å². The first-order valence-electron chi connectivity index (χ1n) is 10.2. The van der Waals surface area contributed by atoms with Gasteiger partial charge in [-0.15, -0.1) is 0 Å². The van der Waals surface area contributed by atoms with E-state index in [0.29, 0.717) is 30.0 Å². The van der Waals surface area contributed by atoms with Gasteiger partial charge in [0.1, 0.15) is 5.75 Å². The summed E-state index contributed by atoms with van der Waals surface area (Å²) < 4.78 is 33.8. The van der Waals surface area contributed by atoms with Crippen molar-refractivity contribution in [1.82, 2.24) is 9.21 Å². The summed E-state index contributed by atoms with van der Waals surface area (Å²) in [4.78, 5) is 26.6. The molecular weight excluding hydrogens is 394 g/mol. The third-order valence-corrected chi connectivity index (χ3v) is 7.98. The number of amides is 2. The molecule has 0 aliphatic carbocycles. The molecule has 9 heteroatoms. The summed E-state index contributed by atoms with van der Waals surface area (Å²) in [7, 11) is -3.78. The van der Waals surface area contributed by atoms with Crippen LogP contribution in [0.15, 0.2) is 17.0 Å². The largest absolute Gasteiger partial charge is 0.479 e. The third kappa shape index (κ3) is 3.73. The van der Waals surface area contributed by atoms with Crippen molar-refractivity contribution in [3.63, 3.8) is 0 Å². The van der Waals surface area contributed by atoms with Gasteiger partial charge in [0.15, 0.2) is 6.10 Å². The first kappa shape index (κ1) is 20.2. The number of hydrogen-bond acceptors (Lipinski definition) is 5. The van der Waals surface area contributed by atoms with E-state index in [9.17, 15) is 18.0 Å². The Morgan fingerprint density at radius 2 is 1.90 bits per heavy atom. The number of carbonyl (C=O) groups excluding carboxylic acids is 2. The molecule has 1 N–H and O–H groups in total. The van der Waals surface area contributed by atoms with Crippen LogP contribution in [0.4, 0.5) is 5.69 Å². The van der Waals surface area contributed by atoms with Gasteiger partial charge in [-0.2, -0.15) is 4.31 Å². The van der Waals surface area contributed by atoms with E-state index in [4.69, 9.17) is 4.74 Å². The molecule has 2 saturated heterocycles. The van der Waals surface area contributed by atoms with E-state index in [-0.39, 0.29) is 29.2 Å². The van der Waals surface area contributed by atoms with Crippen LogP contribution in [0.1, 0.15) is 38.2 Å². The van der Waals surface area contributed by atoms with Crippen molar-refractivity contribution in [2.24, 2.45) is 5.92 Å². The van der Waals surface area contributed by atoms with Crippen LogP contribution in [0, 0.1) is 12.8 Å². The Labute approximate surface area is 171 Å². The van der Waals surface area contributed by atoms with E-state index in [1.54, 1.807) is 19.9 Å². The smallest absolute Gasteiger partial charge is 0.265 e. The summed E-state index contributed by atoms with van der Waals surface area (Å²) in [6.07, 6.45) is 2.74. The number of nitrogens with zero attached hydrogens (tertiary/aromatic N) is 2.